The molecule has 0 aromatic carbocycles. The van der Waals surface area contributed by atoms with E-state index in [1.165, 1.54) is 0 Å². The monoisotopic (exact) mass is 231 g/mol. The van der Waals surface area contributed by atoms with Gasteiger partial charge in [-0.15, -0.1) is 11.6 Å². The molecule has 0 atom stereocenters. The first-order valence-corrected chi connectivity index (χ1v) is 4.66. The van der Waals surface area contributed by atoms with E-state index < -0.39 is 12.8 Å². The summed E-state index contributed by atoms with van der Waals surface area (Å²) in [7, 11) is 0. The Hall–Kier alpha value is -0.260. The molecule has 1 N–H and O–H groups in total. The summed E-state index contributed by atoms with van der Waals surface area (Å²) in [5.41, 5.74) is 0. The van der Waals surface area contributed by atoms with Crippen molar-refractivity contribution in [2.24, 2.45) is 0 Å². The molecular formula is C8H13ClF3NO. The van der Waals surface area contributed by atoms with Crippen LogP contribution in [0.15, 0.2) is 12.2 Å². The molecule has 0 saturated carbocycles. The van der Waals surface area contributed by atoms with Crippen LogP contribution in [0.1, 0.15) is 0 Å². The standard InChI is InChI=1S/C8H13ClF3NO/c9-3-1-2-4-13-5-6-14-7-8(10,11)12/h1-2,13H,3-7H2/b2-1+. The highest BCUT2D eigenvalue weighted by Crippen LogP contribution is 2.13. The van der Waals surface area contributed by atoms with E-state index in [4.69, 9.17) is 11.6 Å². The van der Waals surface area contributed by atoms with Gasteiger partial charge in [0.15, 0.2) is 0 Å². The van der Waals surface area contributed by atoms with Crippen molar-refractivity contribution in [3.8, 4) is 0 Å². The maximum Gasteiger partial charge on any atom is 0.411 e. The Kier molecular flexibility index (Phi) is 7.93. The molecule has 0 heterocycles. The zero-order chi connectivity index (χ0) is 10.9. The number of rotatable bonds is 7. The van der Waals surface area contributed by atoms with Crippen LogP contribution in [0.25, 0.3) is 0 Å². The summed E-state index contributed by atoms with van der Waals surface area (Å²) in [6.45, 7) is -0.161. The van der Waals surface area contributed by atoms with Crippen LogP contribution < -0.4 is 5.32 Å². The Morgan fingerprint density at radius 1 is 1.29 bits per heavy atom. The summed E-state index contributed by atoms with van der Waals surface area (Å²) >= 11 is 5.35. The van der Waals surface area contributed by atoms with Gasteiger partial charge in [-0.25, -0.2) is 0 Å². The number of ether oxygens (including phenoxy) is 1. The van der Waals surface area contributed by atoms with Gasteiger partial charge in [-0.05, 0) is 0 Å². The minimum absolute atomic E-state index is 0.0498. The van der Waals surface area contributed by atoms with Crippen LogP contribution in [-0.4, -0.2) is 38.4 Å². The number of hydrogen-bond donors (Lipinski definition) is 1. The third-order valence-corrected chi connectivity index (χ3v) is 1.39. The fourth-order valence-electron chi connectivity index (χ4n) is 0.664. The molecule has 0 aliphatic carbocycles. The van der Waals surface area contributed by atoms with Gasteiger partial charge in [-0.2, -0.15) is 13.2 Å². The number of halogens is 4. The highest BCUT2D eigenvalue weighted by Gasteiger charge is 2.26. The van der Waals surface area contributed by atoms with E-state index in [9.17, 15) is 13.2 Å². The molecule has 0 radical (unpaired) electrons. The van der Waals surface area contributed by atoms with Crippen molar-refractivity contribution >= 4 is 11.6 Å². The highest BCUT2D eigenvalue weighted by molar-refractivity contribution is 6.18. The Morgan fingerprint density at radius 3 is 2.57 bits per heavy atom. The van der Waals surface area contributed by atoms with Crippen LogP contribution in [0.4, 0.5) is 13.2 Å². The largest absolute Gasteiger partial charge is 0.411 e. The summed E-state index contributed by atoms with van der Waals surface area (Å²) in [5.74, 6) is 0.437. The second-order valence-electron chi connectivity index (χ2n) is 2.50. The van der Waals surface area contributed by atoms with Gasteiger partial charge in [0.1, 0.15) is 6.61 Å². The first-order valence-electron chi connectivity index (χ1n) is 4.12. The van der Waals surface area contributed by atoms with E-state index >= 15 is 0 Å². The normalized spacial score (nSPS) is 12.6. The van der Waals surface area contributed by atoms with Gasteiger partial charge in [0.05, 0.1) is 6.61 Å². The number of hydrogen-bond acceptors (Lipinski definition) is 2. The van der Waals surface area contributed by atoms with Gasteiger partial charge in [-0.1, -0.05) is 12.2 Å². The molecule has 0 saturated heterocycles. The number of nitrogens with one attached hydrogen (secondary N) is 1. The average Bonchev–Trinajstić information content (AvgIpc) is 2.08. The van der Waals surface area contributed by atoms with E-state index in [1.807, 2.05) is 0 Å². The maximum absolute atomic E-state index is 11.6. The molecule has 0 aromatic rings. The molecule has 14 heavy (non-hydrogen) atoms. The fraction of sp³-hybridized carbons (Fsp3) is 0.750. The van der Waals surface area contributed by atoms with Crippen molar-refractivity contribution in [3.05, 3.63) is 12.2 Å². The third-order valence-electron chi connectivity index (χ3n) is 1.21. The van der Waals surface area contributed by atoms with Crippen molar-refractivity contribution in [2.75, 3.05) is 32.2 Å². The lowest BCUT2D eigenvalue weighted by Crippen LogP contribution is -2.23. The predicted molar refractivity (Wildman–Crippen MR) is 49.6 cm³/mol. The van der Waals surface area contributed by atoms with Crippen LogP contribution in [0.5, 0.6) is 0 Å². The zero-order valence-electron chi connectivity index (χ0n) is 7.61. The molecule has 0 bridgehead atoms. The summed E-state index contributed by atoms with van der Waals surface area (Å²) in [6.07, 6.45) is -0.680. The van der Waals surface area contributed by atoms with Gasteiger partial charge in [0.25, 0.3) is 0 Å². The molecule has 2 nitrogen and oxygen atoms in total. The number of alkyl halides is 4. The molecule has 0 aromatic heterocycles. The lowest BCUT2D eigenvalue weighted by Gasteiger charge is -2.07. The Bertz CT molecular complexity index is 161. The highest BCUT2D eigenvalue weighted by atomic mass is 35.5. The molecule has 0 unspecified atom stereocenters. The van der Waals surface area contributed by atoms with Crippen molar-refractivity contribution in [2.45, 2.75) is 6.18 Å². The molecule has 6 heteroatoms. The second kappa shape index (κ2) is 8.08. The molecule has 0 aliphatic heterocycles. The molecule has 0 rings (SSSR count). The van der Waals surface area contributed by atoms with Gasteiger partial charge in [0, 0.05) is 19.0 Å². The molecule has 0 spiro atoms. The number of allylic oxidation sites excluding steroid dienone is 1. The molecular weight excluding hydrogens is 219 g/mol. The third kappa shape index (κ3) is 11.7. The van der Waals surface area contributed by atoms with Crippen LogP contribution in [-0.2, 0) is 4.74 Å². The minimum atomic E-state index is -4.24. The molecule has 84 valence electrons. The van der Waals surface area contributed by atoms with Crippen molar-refractivity contribution in [1.82, 2.24) is 5.32 Å². The minimum Gasteiger partial charge on any atom is -0.371 e. The average molecular weight is 232 g/mol. The predicted octanol–water partition coefficient (Wildman–Crippen LogP) is 1.95. The van der Waals surface area contributed by atoms with Gasteiger partial charge < -0.3 is 10.1 Å². The van der Waals surface area contributed by atoms with Gasteiger partial charge in [-0.3, -0.25) is 0 Å². The van der Waals surface area contributed by atoms with Crippen LogP contribution in [0, 0.1) is 0 Å². The summed E-state index contributed by atoms with van der Waals surface area (Å²) in [4.78, 5) is 0. The Balaban J connectivity index is 3.11. The lowest BCUT2D eigenvalue weighted by molar-refractivity contribution is -0.173. The molecule has 0 amide bonds. The fourth-order valence-corrected chi connectivity index (χ4v) is 0.790. The smallest absolute Gasteiger partial charge is 0.371 e. The molecule has 0 fully saturated rings. The Morgan fingerprint density at radius 2 is 2.00 bits per heavy atom. The molecule has 0 aliphatic rings. The Labute approximate surface area is 86.1 Å². The van der Waals surface area contributed by atoms with E-state index in [0.29, 0.717) is 19.0 Å². The van der Waals surface area contributed by atoms with Gasteiger partial charge in [0.2, 0.25) is 0 Å². The van der Waals surface area contributed by atoms with Gasteiger partial charge >= 0.3 is 6.18 Å². The summed E-state index contributed by atoms with van der Waals surface area (Å²) in [5, 5.41) is 2.87. The first-order chi connectivity index (χ1) is 6.56. The SMILES string of the molecule is FC(F)(F)COCCNC/C=C/CCl. The second-order valence-corrected chi connectivity index (χ2v) is 2.81. The van der Waals surface area contributed by atoms with E-state index in [1.54, 1.807) is 12.2 Å². The van der Waals surface area contributed by atoms with Crippen molar-refractivity contribution < 1.29 is 17.9 Å². The lowest BCUT2D eigenvalue weighted by atomic mass is 10.5. The van der Waals surface area contributed by atoms with Crippen LogP contribution >= 0.6 is 11.6 Å². The maximum atomic E-state index is 11.6. The van der Waals surface area contributed by atoms with Crippen LogP contribution in [0.3, 0.4) is 0 Å². The van der Waals surface area contributed by atoms with Crippen molar-refractivity contribution in [1.29, 1.82) is 0 Å². The van der Waals surface area contributed by atoms with E-state index in [2.05, 4.69) is 10.1 Å². The topological polar surface area (TPSA) is 21.3 Å². The quantitative estimate of drug-likeness (QED) is 0.411. The summed E-state index contributed by atoms with van der Waals surface area (Å²) < 4.78 is 39.0. The van der Waals surface area contributed by atoms with Crippen LogP contribution in [0.2, 0.25) is 0 Å². The first kappa shape index (κ1) is 13.7. The zero-order valence-corrected chi connectivity index (χ0v) is 8.37. The van der Waals surface area contributed by atoms with E-state index in [-0.39, 0.29) is 6.61 Å². The summed E-state index contributed by atoms with van der Waals surface area (Å²) in [6, 6.07) is 0. The van der Waals surface area contributed by atoms with E-state index in [0.717, 1.165) is 0 Å². The van der Waals surface area contributed by atoms with Crippen molar-refractivity contribution in [3.63, 3.8) is 0 Å².